The molecule has 0 saturated carbocycles. The first-order valence-electron chi connectivity index (χ1n) is 10.1. The molecule has 2 heterocycles. The molecule has 0 N–H and O–H groups in total. The molecule has 4 rings (SSSR count). The van der Waals surface area contributed by atoms with E-state index in [0.717, 1.165) is 45.0 Å². The summed E-state index contributed by atoms with van der Waals surface area (Å²) in [6.07, 6.45) is 5.31. The molecule has 0 aliphatic rings. The fourth-order valence-corrected chi connectivity index (χ4v) is 4.98. The Morgan fingerprint density at radius 2 is 1.91 bits per heavy atom. The Bertz CT molecular complexity index is 1220. The number of unbranched alkanes of at least 4 members (excludes halogenated alkanes) is 1. The minimum absolute atomic E-state index is 0.0517. The molecule has 9 heteroatoms. The van der Waals surface area contributed by atoms with Gasteiger partial charge in [0.25, 0.3) is 0 Å². The molecule has 0 atom stereocenters. The fourth-order valence-electron chi connectivity index (χ4n) is 2.87. The first-order chi connectivity index (χ1) is 15.6. The second kappa shape index (κ2) is 10.8. The Kier molecular flexibility index (Phi) is 7.57. The van der Waals surface area contributed by atoms with Crippen molar-refractivity contribution in [2.75, 3.05) is 12.4 Å². The molecular formula is C23H21ClN4O2S2. The first kappa shape index (κ1) is 22.5. The van der Waals surface area contributed by atoms with Crippen molar-refractivity contribution < 1.29 is 9.53 Å². The standard InChI is InChI=1S/C23H21ClN4O2S2/c1-16-25-26-22-28(16)27-23(32-22)31-15-3-2-14-30-20-11-7-18(8-12-20)21(29)13-6-17-4-9-19(24)10-5-17/h4-13H,2-3,14-15H2,1H3/b13-6+. The van der Waals surface area contributed by atoms with Crippen LogP contribution in [0.2, 0.25) is 5.02 Å². The number of hydrogen-bond acceptors (Lipinski definition) is 7. The number of nitrogens with zero attached hydrogens (tertiary/aromatic N) is 4. The summed E-state index contributed by atoms with van der Waals surface area (Å²) >= 11 is 9.16. The van der Waals surface area contributed by atoms with Crippen molar-refractivity contribution in [3.05, 3.63) is 76.6 Å². The van der Waals surface area contributed by atoms with E-state index in [9.17, 15) is 4.79 Å². The van der Waals surface area contributed by atoms with Gasteiger partial charge >= 0.3 is 0 Å². The summed E-state index contributed by atoms with van der Waals surface area (Å²) in [4.78, 5) is 13.2. The molecule has 0 radical (unpaired) electrons. The van der Waals surface area contributed by atoms with Gasteiger partial charge in [0.15, 0.2) is 15.9 Å². The van der Waals surface area contributed by atoms with Gasteiger partial charge in [0, 0.05) is 16.3 Å². The lowest BCUT2D eigenvalue weighted by atomic mass is 10.1. The van der Waals surface area contributed by atoms with E-state index in [0.29, 0.717) is 17.2 Å². The van der Waals surface area contributed by atoms with Gasteiger partial charge in [-0.05, 0) is 67.8 Å². The molecule has 0 amide bonds. The van der Waals surface area contributed by atoms with Crippen LogP contribution in [0, 0.1) is 6.92 Å². The lowest BCUT2D eigenvalue weighted by Crippen LogP contribution is -1.99. The van der Waals surface area contributed by atoms with Crippen LogP contribution >= 0.6 is 34.7 Å². The van der Waals surface area contributed by atoms with Gasteiger partial charge in [0.2, 0.25) is 4.96 Å². The van der Waals surface area contributed by atoms with Crippen molar-refractivity contribution in [1.82, 2.24) is 19.8 Å². The maximum atomic E-state index is 12.3. The van der Waals surface area contributed by atoms with Gasteiger partial charge in [0.1, 0.15) is 5.75 Å². The lowest BCUT2D eigenvalue weighted by molar-refractivity contribution is 0.104. The highest BCUT2D eigenvalue weighted by Crippen LogP contribution is 2.25. The fraction of sp³-hybridized carbons (Fsp3) is 0.217. The third-order valence-electron chi connectivity index (χ3n) is 4.60. The molecule has 32 heavy (non-hydrogen) atoms. The van der Waals surface area contributed by atoms with Gasteiger partial charge in [-0.25, -0.2) is 0 Å². The van der Waals surface area contributed by atoms with Crippen molar-refractivity contribution >= 4 is 51.5 Å². The Morgan fingerprint density at radius 1 is 1.12 bits per heavy atom. The number of ketones is 1. The highest BCUT2D eigenvalue weighted by Gasteiger charge is 2.08. The third-order valence-corrected chi connectivity index (χ3v) is 6.97. The average molecular weight is 485 g/mol. The Labute approximate surface area is 199 Å². The van der Waals surface area contributed by atoms with Gasteiger partial charge in [0.05, 0.1) is 6.61 Å². The zero-order valence-electron chi connectivity index (χ0n) is 17.4. The Hall–Kier alpha value is -2.68. The van der Waals surface area contributed by atoms with Gasteiger partial charge in [-0.2, -0.15) is 4.52 Å². The van der Waals surface area contributed by atoms with E-state index in [1.54, 1.807) is 64.0 Å². The number of allylic oxidation sites excluding steroid dienone is 1. The molecule has 0 fully saturated rings. The quantitative estimate of drug-likeness (QED) is 0.119. The zero-order valence-corrected chi connectivity index (χ0v) is 19.8. The van der Waals surface area contributed by atoms with E-state index >= 15 is 0 Å². The van der Waals surface area contributed by atoms with E-state index in [2.05, 4.69) is 15.3 Å². The van der Waals surface area contributed by atoms with Crippen LogP contribution in [0.25, 0.3) is 11.0 Å². The maximum absolute atomic E-state index is 12.3. The Morgan fingerprint density at radius 3 is 2.66 bits per heavy atom. The minimum Gasteiger partial charge on any atom is -0.494 e. The summed E-state index contributed by atoms with van der Waals surface area (Å²) in [7, 11) is 0. The molecule has 0 aliphatic heterocycles. The minimum atomic E-state index is -0.0517. The number of hydrogen-bond donors (Lipinski definition) is 0. The van der Waals surface area contributed by atoms with Gasteiger partial charge < -0.3 is 4.74 Å². The number of benzene rings is 2. The van der Waals surface area contributed by atoms with E-state index in [1.165, 1.54) is 0 Å². The van der Waals surface area contributed by atoms with E-state index < -0.39 is 0 Å². The predicted octanol–water partition coefficient (Wildman–Crippen LogP) is 6.00. The van der Waals surface area contributed by atoms with Crippen LogP contribution in [0.1, 0.15) is 34.6 Å². The molecule has 2 aromatic heterocycles. The van der Waals surface area contributed by atoms with Crippen LogP contribution < -0.4 is 4.74 Å². The number of thioether (sulfide) groups is 1. The van der Waals surface area contributed by atoms with Crippen LogP contribution in [-0.4, -0.2) is 38.0 Å². The van der Waals surface area contributed by atoms with E-state index in [4.69, 9.17) is 16.3 Å². The van der Waals surface area contributed by atoms with Crippen LogP contribution in [0.15, 0.2) is 58.9 Å². The molecule has 0 bridgehead atoms. The molecule has 0 saturated heterocycles. The molecule has 0 unspecified atom stereocenters. The second-order valence-electron chi connectivity index (χ2n) is 6.99. The molecule has 6 nitrogen and oxygen atoms in total. The van der Waals surface area contributed by atoms with Gasteiger partial charge in [-0.15, -0.1) is 15.3 Å². The van der Waals surface area contributed by atoms with E-state index in [-0.39, 0.29) is 5.78 Å². The number of halogens is 1. The molecular weight excluding hydrogens is 464 g/mol. The number of rotatable bonds is 10. The van der Waals surface area contributed by atoms with Crippen molar-refractivity contribution in [2.45, 2.75) is 24.1 Å². The average Bonchev–Trinajstić information content (AvgIpc) is 3.37. The van der Waals surface area contributed by atoms with Crippen molar-refractivity contribution in [3.63, 3.8) is 0 Å². The largest absolute Gasteiger partial charge is 0.494 e. The van der Waals surface area contributed by atoms with Gasteiger partial charge in [-0.3, -0.25) is 4.79 Å². The Balaban J connectivity index is 1.16. The topological polar surface area (TPSA) is 69.4 Å². The van der Waals surface area contributed by atoms with Crippen molar-refractivity contribution in [2.24, 2.45) is 0 Å². The third kappa shape index (κ3) is 5.97. The van der Waals surface area contributed by atoms with Crippen LogP contribution in [0.5, 0.6) is 5.75 Å². The van der Waals surface area contributed by atoms with Crippen molar-refractivity contribution in [1.29, 1.82) is 0 Å². The summed E-state index contributed by atoms with van der Waals surface area (Å²) < 4.78 is 8.58. The van der Waals surface area contributed by atoms with Crippen LogP contribution in [0.3, 0.4) is 0 Å². The normalized spacial score (nSPS) is 11.4. The number of aryl methyl sites for hydroxylation is 1. The summed E-state index contributed by atoms with van der Waals surface area (Å²) in [6, 6.07) is 14.6. The molecule has 164 valence electrons. The zero-order chi connectivity index (χ0) is 22.3. The maximum Gasteiger partial charge on any atom is 0.235 e. The highest BCUT2D eigenvalue weighted by molar-refractivity contribution is 8.01. The number of ether oxygens (including phenoxy) is 1. The summed E-state index contributed by atoms with van der Waals surface area (Å²) in [5, 5.41) is 13.2. The van der Waals surface area contributed by atoms with Crippen LogP contribution in [0.4, 0.5) is 0 Å². The number of aromatic nitrogens is 4. The predicted molar refractivity (Wildman–Crippen MR) is 130 cm³/mol. The number of carbonyl (C=O) groups is 1. The molecule has 0 aliphatic carbocycles. The smallest absolute Gasteiger partial charge is 0.235 e. The molecule has 2 aromatic carbocycles. The SMILES string of the molecule is Cc1nnc2sc(SCCCCOc3ccc(C(=O)/C=C/c4ccc(Cl)cc4)cc3)nn12. The monoisotopic (exact) mass is 484 g/mol. The number of carbonyl (C=O) groups excluding carboxylic acids is 1. The molecule has 0 spiro atoms. The van der Waals surface area contributed by atoms with Gasteiger partial charge in [-0.1, -0.05) is 52.9 Å². The van der Waals surface area contributed by atoms with Crippen LogP contribution in [-0.2, 0) is 0 Å². The summed E-state index contributed by atoms with van der Waals surface area (Å²) in [6.45, 7) is 2.53. The first-order valence-corrected chi connectivity index (χ1v) is 12.3. The second-order valence-corrected chi connectivity index (χ2v) is 9.72. The summed E-state index contributed by atoms with van der Waals surface area (Å²) in [5.41, 5.74) is 1.55. The van der Waals surface area contributed by atoms with E-state index in [1.807, 2.05) is 31.2 Å². The summed E-state index contributed by atoms with van der Waals surface area (Å²) in [5.74, 6) is 2.49. The lowest BCUT2D eigenvalue weighted by Gasteiger charge is -2.06. The van der Waals surface area contributed by atoms with Crippen molar-refractivity contribution in [3.8, 4) is 5.75 Å². The highest BCUT2D eigenvalue weighted by atomic mass is 35.5. The number of fused-ring (bicyclic) bond motifs is 1. The molecule has 4 aromatic rings.